The molecule has 2 aromatic carbocycles. The first-order valence-electron chi connectivity index (χ1n) is 8.22. The molecule has 0 atom stereocenters. The number of rotatable bonds is 3. The van der Waals surface area contributed by atoms with Crippen molar-refractivity contribution in [2.24, 2.45) is 0 Å². The van der Waals surface area contributed by atoms with Crippen LogP contribution in [0.2, 0.25) is 0 Å². The third-order valence-electron chi connectivity index (χ3n) is 4.30. The number of phenolic OH excluding ortho intramolecular Hbond substituents is 1. The zero-order chi connectivity index (χ0) is 17.2. The monoisotopic (exact) mass is 337 g/mol. The van der Waals surface area contributed by atoms with Crippen LogP contribution in [0.5, 0.6) is 11.5 Å². The maximum absolute atomic E-state index is 9.77. The summed E-state index contributed by atoms with van der Waals surface area (Å²) in [4.78, 5) is 11.7. The molecule has 128 valence electrons. The Morgan fingerprint density at radius 1 is 1.08 bits per heavy atom. The van der Waals surface area contributed by atoms with Crippen LogP contribution in [0.4, 0.5) is 5.82 Å². The Balaban J connectivity index is 1.91. The van der Waals surface area contributed by atoms with Crippen LogP contribution in [0.3, 0.4) is 0 Å². The van der Waals surface area contributed by atoms with E-state index in [1.54, 1.807) is 25.3 Å². The summed E-state index contributed by atoms with van der Waals surface area (Å²) in [6.07, 6.45) is 0. The highest BCUT2D eigenvalue weighted by molar-refractivity contribution is 5.92. The normalized spacial score (nSPS) is 14.7. The number of phenols is 1. The molecule has 0 unspecified atom stereocenters. The van der Waals surface area contributed by atoms with Gasteiger partial charge in [0.05, 0.1) is 25.8 Å². The van der Waals surface area contributed by atoms with Gasteiger partial charge in [-0.1, -0.05) is 12.1 Å². The third kappa shape index (κ3) is 3.08. The van der Waals surface area contributed by atoms with Crippen molar-refractivity contribution < 1.29 is 14.6 Å². The van der Waals surface area contributed by atoms with Gasteiger partial charge in [-0.3, -0.25) is 0 Å². The van der Waals surface area contributed by atoms with E-state index in [2.05, 4.69) is 9.88 Å². The van der Waals surface area contributed by atoms with Gasteiger partial charge in [-0.05, 0) is 30.3 Å². The molecular weight excluding hydrogens is 318 g/mol. The second kappa shape index (κ2) is 6.57. The van der Waals surface area contributed by atoms with E-state index in [0.29, 0.717) is 19.0 Å². The lowest BCUT2D eigenvalue weighted by molar-refractivity contribution is 0.122. The highest BCUT2D eigenvalue weighted by atomic mass is 16.5. The van der Waals surface area contributed by atoms with Crippen molar-refractivity contribution in [3.63, 3.8) is 0 Å². The smallest absolute Gasteiger partial charge is 0.162 e. The van der Waals surface area contributed by atoms with E-state index >= 15 is 0 Å². The summed E-state index contributed by atoms with van der Waals surface area (Å²) in [6.45, 7) is 2.92. The van der Waals surface area contributed by atoms with Crippen molar-refractivity contribution >= 4 is 16.7 Å². The molecule has 6 nitrogen and oxygen atoms in total. The van der Waals surface area contributed by atoms with Gasteiger partial charge in [0.15, 0.2) is 5.82 Å². The molecule has 0 aliphatic carbocycles. The second-order valence-electron chi connectivity index (χ2n) is 5.90. The average Bonchev–Trinajstić information content (AvgIpc) is 2.67. The molecule has 0 bridgehead atoms. The van der Waals surface area contributed by atoms with Crippen molar-refractivity contribution in [3.8, 4) is 22.9 Å². The van der Waals surface area contributed by atoms with Crippen molar-refractivity contribution in [1.29, 1.82) is 0 Å². The van der Waals surface area contributed by atoms with Gasteiger partial charge in [-0.2, -0.15) is 0 Å². The molecule has 1 N–H and O–H groups in total. The number of hydrogen-bond donors (Lipinski definition) is 1. The first kappa shape index (κ1) is 15.7. The van der Waals surface area contributed by atoms with Crippen LogP contribution in [-0.2, 0) is 4.74 Å². The fourth-order valence-electron chi connectivity index (χ4n) is 3.01. The summed E-state index contributed by atoms with van der Waals surface area (Å²) in [7, 11) is 1.65. The number of benzene rings is 2. The summed E-state index contributed by atoms with van der Waals surface area (Å²) in [5.74, 6) is 2.43. The van der Waals surface area contributed by atoms with Crippen molar-refractivity contribution in [3.05, 3.63) is 42.5 Å². The number of morpholine rings is 1. The molecule has 3 aromatic rings. The standard InChI is InChI=1S/C19H19N3O3/c1-24-15-5-6-17-16(12-15)19(22-7-9-25-10-8-22)21-18(20-17)13-3-2-4-14(23)11-13/h2-6,11-12,23H,7-10H2,1H3. The number of ether oxygens (including phenoxy) is 2. The maximum Gasteiger partial charge on any atom is 0.162 e. The fourth-order valence-corrected chi connectivity index (χ4v) is 3.01. The second-order valence-corrected chi connectivity index (χ2v) is 5.90. The van der Waals surface area contributed by atoms with E-state index < -0.39 is 0 Å². The van der Waals surface area contributed by atoms with Crippen LogP contribution < -0.4 is 9.64 Å². The number of nitrogens with zero attached hydrogens (tertiary/aromatic N) is 3. The van der Waals surface area contributed by atoms with Crippen LogP contribution in [0, 0.1) is 0 Å². The van der Waals surface area contributed by atoms with Crippen molar-refractivity contribution in [2.45, 2.75) is 0 Å². The topological polar surface area (TPSA) is 67.7 Å². The first-order chi connectivity index (χ1) is 12.2. The first-order valence-corrected chi connectivity index (χ1v) is 8.22. The molecule has 1 fully saturated rings. The number of methoxy groups -OCH3 is 1. The number of aromatic hydroxyl groups is 1. The van der Waals surface area contributed by atoms with Gasteiger partial charge in [0.2, 0.25) is 0 Å². The fraction of sp³-hybridized carbons (Fsp3) is 0.263. The highest BCUT2D eigenvalue weighted by Gasteiger charge is 2.18. The molecular formula is C19H19N3O3. The highest BCUT2D eigenvalue weighted by Crippen LogP contribution is 2.31. The summed E-state index contributed by atoms with van der Waals surface area (Å²) in [5, 5.41) is 10.7. The van der Waals surface area contributed by atoms with Gasteiger partial charge in [0.25, 0.3) is 0 Å². The zero-order valence-electron chi connectivity index (χ0n) is 14.0. The predicted molar refractivity (Wildman–Crippen MR) is 96.2 cm³/mol. The number of fused-ring (bicyclic) bond motifs is 1. The Morgan fingerprint density at radius 2 is 1.92 bits per heavy atom. The lowest BCUT2D eigenvalue weighted by Gasteiger charge is -2.29. The summed E-state index contributed by atoms with van der Waals surface area (Å²) in [6, 6.07) is 12.8. The van der Waals surface area contributed by atoms with Gasteiger partial charge < -0.3 is 19.5 Å². The summed E-state index contributed by atoms with van der Waals surface area (Å²) in [5.41, 5.74) is 1.63. The Bertz CT molecular complexity index is 908. The molecule has 1 saturated heterocycles. The molecule has 0 amide bonds. The van der Waals surface area contributed by atoms with Crippen LogP contribution >= 0.6 is 0 Å². The van der Waals surface area contributed by atoms with Gasteiger partial charge >= 0.3 is 0 Å². The molecule has 0 radical (unpaired) electrons. The van der Waals surface area contributed by atoms with Crippen LogP contribution in [-0.4, -0.2) is 48.5 Å². The molecule has 0 spiro atoms. The number of hydrogen-bond acceptors (Lipinski definition) is 6. The van der Waals surface area contributed by atoms with E-state index in [-0.39, 0.29) is 5.75 Å². The summed E-state index contributed by atoms with van der Waals surface area (Å²) >= 11 is 0. The average molecular weight is 337 g/mol. The third-order valence-corrected chi connectivity index (χ3v) is 4.30. The Kier molecular flexibility index (Phi) is 4.11. The zero-order valence-corrected chi connectivity index (χ0v) is 14.0. The van der Waals surface area contributed by atoms with Gasteiger partial charge in [0.1, 0.15) is 17.3 Å². The molecule has 6 heteroatoms. The van der Waals surface area contributed by atoms with Crippen molar-refractivity contribution in [2.75, 3.05) is 38.3 Å². The molecule has 1 aliphatic heterocycles. The van der Waals surface area contributed by atoms with Gasteiger partial charge in [-0.15, -0.1) is 0 Å². The lowest BCUT2D eigenvalue weighted by Crippen LogP contribution is -2.37. The van der Waals surface area contributed by atoms with Crippen LogP contribution in [0.25, 0.3) is 22.3 Å². The minimum absolute atomic E-state index is 0.198. The van der Waals surface area contributed by atoms with E-state index in [4.69, 9.17) is 14.5 Å². The van der Waals surface area contributed by atoms with Gasteiger partial charge in [0, 0.05) is 24.0 Å². The Hall–Kier alpha value is -2.86. The van der Waals surface area contributed by atoms with Crippen LogP contribution in [0.15, 0.2) is 42.5 Å². The lowest BCUT2D eigenvalue weighted by atomic mass is 10.1. The summed E-state index contributed by atoms with van der Waals surface area (Å²) < 4.78 is 10.8. The molecule has 1 aliphatic rings. The van der Waals surface area contributed by atoms with Gasteiger partial charge in [-0.25, -0.2) is 9.97 Å². The predicted octanol–water partition coefficient (Wildman–Crippen LogP) is 2.85. The quantitative estimate of drug-likeness (QED) is 0.793. The molecule has 4 rings (SSSR count). The van der Waals surface area contributed by atoms with E-state index in [1.165, 1.54) is 0 Å². The minimum Gasteiger partial charge on any atom is -0.508 e. The number of aromatic nitrogens is 2. The van der Waals surface area contributed by atoms with Crippen LogP contribution in [0.1, 0.15) is 0 Å². The molecule has 0 saturated carbocycles. The Labute approximate surface area is 145 Å². The SMILES string of the molecule is COc1ccc2nc(-c3cccc(O)c3)nc(N3CCOCC3)c2c1. The maximum atomic E-state index is 9.77. The van der Waals surface area contributed by atoms with E-state index in [9.17, 15) is 5.11 Å². The van der Waals surface area contributed by atoms with E-state index in [0.717, 1.165) is 41.1 Å². The Morgan fingerprint density at radius 3 is 2.68 bits per heavy atom. The molecule has 25 heavy (non-hydrogen) atoms. The minimum atomic E-state index is 0.198. The van der Waals surface area contributed by atoms with E-state index in [1.807, 2.05) is 24.3 Å². The molecule has 1 aromatic heterocycles. The number of anilines is 1. The largest absolute Gasteiger partial charge is 0.508 e. The molecule has 2 heterocycles. The van der Waals surface area contributed by atoms with Crippen molar-refractivity contribution in [1.82, 2.24) is 9.97 Å².